The average molecular weight is 1370 g/mol. The van der Waals surface area contributed by atoms with Gasteiger partial charge in [-0.3, -0.25) is 19.2 Å². The number of carbonyl (C=O) groups excluding carboxylic acids is 4. The summed E-state index contributed by atoms with van der Waals surface area (Å²) in [7, 11) is 1.61. The zero-order valence-electron chi connectivity index (χ0n) is 53.4. The second-order valence-corrected chi connectivity index (χ2v) is 21.3. The first-order valence-electron chi connectivity index (χ1n) is 28.2. The number of esters is 2. The predicted molar refractivity (Wildman–Crippen MR) is 343 cm³/mol. The first-order chi connectivity index (χ1) is 35.5. The van der Waals surface area contributed by atoms with E-state index in [-0.39, 0.29) is 74.2 Å². The predicted octanol–water partition coefficient (Wildman–Crippen LogP) is 15.6. The monoisotopic (exact) mass is 1370 g/mol. The van der Waals surface area contributed by atoms with Crippen molar-refractivity contribution >= 4 is 113 Å². The molecule has 466 valence electrons. The largest absolute Gasteiger partial charge is 2.00 e. The smallest absolute Gasteiger partial charge is 0.550 e. The van der Waals surface area contributed by atoms with Gasteiger partial charge in [0.25, 0.3) is 5.95 Å². The molecule has 0 fully saturated rings. The fraction of sp³-hybridized carbons (Fsp3) is 0.885. The van der Waals surface area contributed by atoms with Gasteiger partial charge in [0.05, 0.1) is 43.7 Å². The summed E-state index contributed by atoms with van der Waals surface area (Å²) < 4.78 is 36.3. The summed E-state index contributed by atoms with van der Waals surface area (Å²) in [5, 5.41) is 19.8. The molecule has 0 saturated carbocycles. The van der Waals surface area contributed by atoms with Crippen LogP contribution in [0.4, 0.5) is 0 Å². The number of Topliss-reactive ketones (excluding diaryl/α,β-unsaturated/α-hetero) is 1. The molecule has 0 aromatic rings. The number of carboxylic acid groups (broad SMARTS) is 2. The maximum absolute atomic E-state index is 11.8. The van der Waals surface area contributed by atoms with Gasteiger partial charge in [0.1, 0.15) is 5.78 Å². The van der Waals surface area contributed by atoms with Crippen molar-refractivity contribution < 1.29 is 67.3 Å². The summed E-state index contributed by atoms with van der Waals surface area (Å²) >= 11 is 4.30. The van der Waals surface area contributed by atoms with Crippen LogP contribution in [0.3, 0.4) is 0 Å². The van der Waals surface area contributed by atoms with Crippen LogP contribution in [0.2, 0.25) is 0 Å². The molecule has 1 N–H and O–H groups in total. The minimum Gasteiger partial charge on any atom is -0.550 e. The van der Waals surface area contributed by atoms with Crippen LogP contribution in [0.25, 0.3) is 0 Å². The van der Waals surface area contributed by atoms with E-state index in [4.69, 9.17) is 33.5 Å². The Balaban J connectivity index is -0.000000113. The topological polar surface area (TPSA) is 193 Å². The van der Waals surface area contributed by atoms with E-state index in [9.17, 15) is 29.1 Å². The molecule has 0 aliphatic heterocycles. The fourth-order valence-electron chi connectivity index (χ4n) is 5.96. The number of hydrogen-bond donors (Lipinski definition) is 1. The zero-order chi connectivity index (χ0) is 60.7. The van der Waals surface area contributed by atoms with E-state index in [0.29, 0.717) is 51.8 Å². The molecule has 0 heterocycles. The van der Waals surface area contributed by atoms with E-state index in [2.05, 4.69) is 63.8 Å². The summed E-state index contributed by atoms with van der Waals surface area (Å²) in [5.41, 5.74) is -0.995. The molecule has 0 aliphatic rings. The number of aliphatic carboxylic acids is 2. The minimum absolute atomic E-state index is 0. The third-order valence-corrected chi connectivity index (χ3v) is 11.7. The van der Waals surface area contributed by atoms with Gasteiger partial charge >= 0.3 is 55.6 Å². The van der Waals surface area contributed by atoms with Crippen molar-refractivity contribution in [1.82, 2.24) is 0 Å². The van der Waals surface area contributed by atoms with Crippen molar-refractivity contribution in [2.45, 2.75) is 248 Å². The van der Waals surface area contributed by atoms with Gasteiger partial charge in [-0.2, -0.15) is 0 Å². The van der Waals surface area contributed by atoms with Crippen molar-refractivity contribution in [2.24, 2.45) is 27.6 Å². The maximum Gasteiger partial charge on any atom is 2.00 e. The van der Waals surface area contributed by atoms with Crippen molar-refractivity contribution in [3.63, 3.8) is 0 Å². The molecule has 0 radical (unpaired) electrons. The molecule has 14 nitrogen and oxygen atoms in total. The zero-order valence-corrected chi connectivity index (χ0v) is 59.9. The second kappa shape index (κ2) is 65.6. The molecular formula is C61H123CaI2O14+. The third-order valence-electron chi connectivity index (χ3n) is 11.7. The van der Waals surface area contributed by atoms with E-state index in [1.54, 1.807) is 48.7 Å². The van der Waals surface area contributed by atoms with Crippen LogP contribution in [-0.2, 0) is 57.1 Å². The molecule has 78 heavy (non-hydrogen) atoms. The average Bonchev–Trinajstić information content (AvgIpc) is 3.36. The van der Waals surface area contributed by atoms with E-state index < -0.39 is 28.2 Å². The number of ketones is 1. The number of allylic oxidation sites excluding steroid dienone is 1. The Bertz CT molecular complexity index is 1340. The Morgan fingerprint density at radius 2 is 0.795 bits per heavy atom. The number of hydrogen-bond acceptors (Lipinski definition) is 13. The van der Waals surface area contributed by atoms with E-state index in [1.807, 2.05) is 79.1 Å². The van der Waals surface area contributed by atoms with Gasteiger partial charge in [-0.15, -0.1) is 0 Å². The van der Waals surface area contributed by atoms with Crippen LogP contribution in [0, 0.1) is 27.6 Å². The van der Waals surface area contributed by atoms with Crippen molar-refractivity contribution in [3.05, 3.63) is 11.5 Å². The van der Waals surface area contributed by atoms with Crippen molar-refractivity contribution in [2.75, 3.05) is 76.4 Å². The van der Waals surface area contributed by atoms with Gasteiger partial charge in [0, 0.05) is 62.0 Å². The standard InChI is InChI=1S/C19H36O4.C16H30O5.C10H22O.C7H14O2.C6H12O2.2CH3I.CH4.Ca/c1-7-23-17(21)19(5,6)13-9-11-15-22-14-10-8-12-18(3,4)16(2)20;1-15(2,13(17)18)9-5-7-11-21-12-8-6-10-16(3,4)14(19)20;1-3-5-7-9-11-10-8-6-4-2;1-5-9-7(8-4)6(2)3;1-4-8-6(7)5(2)3;2*1-2;;/h7-15H2,1-6H3;5-12H2,1-4H3,(H,17,18)(H,19,20);3-10H2,1-2H3;5H2,1-4H3;5H,4H2,1-3H3;2*1H3;1H4;/q;;;;;;;;+2/p-1. The Kier molecular flexibility index (Phi) is 81.3. The molecule has 0 saturated heterocycles. The van der Waals surface area contributed by atoms with Gasteiger partial charge in [-0.25, -0.2) is 0 Å². The third kappa shape index (κ3) is 68.0. The SMILES string of the molecule is C.CC(C)(CCCCOCCCCC(C)(C)C(=O)O)C(=O)[O-].CCCCCOCCCCC.CCOC(=O)C(C)(C)CCCCOCCCCC(C)(C)C(C)=O.CCOC(=O)C(C)C.CCOC(OC)=C(C)C.CI.CI.[Ca+2]. The molecule has 0 aliphatic carbocycles. The number of methoxy groups -OCH3 is 1. The molecule has 0 atom stereocenters. The number of ether oxygens (including phenoxy) is 7. The number of unbranched alkanes of at least 4 members (excludes halogenated alkanes) is 8. The Labute approximate surface area is 538 Å². The summed E-state index contributed by atoms with van der Waals surface area (Å²) in [6, 6.07) is 0. The van der Waals surface area contributed by atoms with E-state index >= 15 is 0 Å². The fourth-order valence-corrected chi connectivity index (χ4v) is 5.96. The summed E-state index contributed by atoms with van der Waals surface area (Å²) in [6.07, 6.45) is 17.9. The minimum atomic E-state index is -1.01. The molecule has 0 aromatic carbocycles. The van der Waals surface area contributed by atoms with Crippen LogP contribution in [0.15, 0.2) is 11.5 Å². The summed E-state index contributed by atoms with van der Waals surface area (Å²) in [4.78, 5) is 59.3. The number of carboxylic acids is 2. The Morgan fingerprint density at radius 1 is 0.487 bits per heavy atom. The molecule has 0 spiro atoms. The van der Waals surface area contributed by atoms with Gasteiger partial charge in [0.15, 0.2) is 0 Å². The molecule has 0 rings (SSSR count). The molecule has 17 heteroatoms. The Morgan fingerprint density at radius 3 is 1.03 bits per heavy atom. The summed E-state index contributed by atoms with van der Waals surface area (Å²) in [6.45, 7) is 40.1. The van der Waals surface area contributed by atoms with Crippen LogP contribution in [0.1, 0.15) is 248 Å². The van der Waals surface area contributed by atoms with E-state index in [1.165, 1.54) is 38.5 Å². The first-order valence-corrected chi connectivity index (χ1v) is 32.5. The number of halogens is 2. The normalized spacial score (nSPS) is 10.5. The van der Waals surface area contributed by atoms with Crippen molar-refractivity contribution in [3.8, 4) is 0 Å². The molecule has 0 aromatic heterocycles. The van der Waals surface area contributed by atoms with Crippen LogP contribution >= 0.6 is 45.2 Å². The molecule has 0 unspecified atom stereocenters. The Hall–Kier alpha value is -0.510. The van der Waals surface area contributed by atoms with Gasteiger partial charge < -0.3 is 48.2 Å². The van der Waals surface area contributed by atoms with Gasteiger partial charge in [0.2, 0.25) is 0 Å². The van der Waals surface area contributed by atoms with Gasteiger partial charge in [-0.05, 0) is 143 Å². The number of rotatable bonds is 38. The molecule has 0 bridgehead atoms. The summed E-state index contributed by atoms with van der Waals surface area (Å²) in [5.74, 6) is -1.11. The van der Waals surface area contributed by atoms with Crippen LogP contribution in [-0.4, -0.2) is 149 Å². The van der Waals surface area contributed by atoms with Crippen LogP contribution in [0.5, 0.6) is 0 Å². The van der Waals surface area contributed by atoms with Crippen molar-refractivity contribution in [1.29, 1.82) is 0 Å². The quantitative estimate of drug-likeness (QED) is 0.0153. The van der Waals surface area contributed by atoms with Crippen LogP contribution < -0.4 is 5.11 Å². The number of carbonyl (C=O) groups is 5. The van der Waals surface area contributed by atoms with Gasteiger partial charge in [-0.1, -0.05) is 159 Å². The first kappa shape index (κ1) is 96.6. The van der Waals surface area contributed by atoms with E-state index in [0.717, 1.165) is 96.2 Å². The molecular weight excluding hydrogens is 1250 g/mol. The maximum atomic E-state index is 11.8. The number of alkyl halides is 2. The second-order valence-electron chi connectivity index (χ2n) is 21.3. The molecule has 0 amide bonds.